The van der Waals surface area contributed by atoms with Crippen molar-refractivity contribution in [2.75, 3.05) is 6.54 Å². The summed E-state index contributed by atoms with van der Waals surface area (Å²) in [7, 11) is 0. The van der Waals surface area contributed by atoms with E-state index in [1.165, 1.54) is 6.07 Å². The average Bonchev–Trinajstić information content (AvgIpc) is 2.18. The van der Waals surface area contributed by atoms with Gasteiger partial charge >= 0.3 is 0 Å². The lowest BCUT2D eigenvalue weighted by Gasteiger charge is -2.04. The van der Waals surface area contributed by atoms with Crippen LogP contribution in [0.4, 0.5) is 0 Å². The van der Waals surface area contributed by atoms with Crippen LogP contribution in [0.25, 0.3) is 0 Å². The van der Waals surface area contributed by atoms with Crippen molar-refractivity contribution in [2.24, 2.45) is 5.73 Å². The maximum Gasteiger partial charge on any atom is 0.251 e. The zero-order valence-electron chi connectivity index (χ0n) is 8.28. The van der Waals surface area contributed by atoms with E-state index in [9.17, 15) is 14.7 Å². The van der Waals surface area contributed by atoms with Crippen LogP contribution >= 0.6 is 0 Å². The number of aryl methyl sites for hydroxylation is 1. The first-order valence-electron chi connectivity index (χ1n) is 4.37. The van der Waals surface area contributed by atoms with Crippen LogP contribution in [0.15, 0.2) is 18.2 Å². The van der Waals surface area contributed by atoms with Gasteiger partial charge in [0.2, 0.25) is 5.91 Å². The number of carbonyl (C=O) groups is 2. The van der Waals surface area contributed by atoms with Gasteiger partial charge in [0.15, 0.2) is 0 Å². The summed E-state index contributed by atoms with van der Waals surface area (Å²) in [6, 6.07) is 4.52. The number of phenolic OH excluding ortho intramolecular Hbond substituents is 1. The van der Waals surface area contributed by atoms with Crippen molar-refractivity contribution in [1.82, 2.24) is 5.32 Å². The Bertz CT molecular complexity index is 402. The molecule has 0 aliphatic carbocycles. The van der Waals surface area contributed by atoms with Gasteiger partial charge in [-0.25, -0.2) is 0 Å². The molecule has 0 unspecified atom stereocenters. The van der Waals surface area contributed by atoms with Crippen molar-refractivity contribution in [3.8, 4) is 5.75 Å². The summed E-state index contributed by atoms with van der Waals surface area (Å²) in [4.78, 5) is 21.8. The monoisotopic (exact) mass is 208 g/mol. The third kappa shape index (κ3) is 2.98. The molecule has 0 heterocycles. The van der Waals surface area contributed by atoms with Crippen molar-refractivity contribution >= 4 is 11.8 Å². The van der Waals surface area contributed by atoms with Crippen LogP contribution < -0.4 is 11.1 Å². The third-order valence-electron chi connectivity index (χ3n) is 1.89. The van der Waals surface area contributed by atoms with E-state index in [2.05, 4.69) is 5.32 Å². The smallest absolute Gasteiger partial charge is 0.251 e. The molecule has 0 spiro atoms. The van der Waals surface area contributed by atoms with Gasteiger partial charge in [-0.3, -0.25) is 9.59 Å². The Labute approximate surface area is 86.9 Å². The van der Waals surface area contributed by atoms with Crippen LogP contribution in [-0.4, -0.2) is 23.5 Å². The highest BCUT2D eigenvalue weighted by Gasteiger charge is 2.07. The average molecular weight is 208 g/mol. The lowest BCUT2D eigenvalue weighted by molar-refractivity contribution is -0.117. The van der Waals surface area contributed by atoms with Gasteiger partial charge in [0, 0.05) is 5.56 Å². The van der Waals surface area contributed by atoms with Crippen molar-refractivity contribution < 1.29 is 14.7 Å². The van der Waals surface area contributed by atoms with E-state index >= 15 is 0 Å². The molecule has 4 N–H and O–H groups in total. The molecule has 1 aromatic rings. The standard InChI is InChI=1S/C10H12N2O3/c1-6-2-3-7(4-8(6)13)10(15)12-5-9(11)14/h2-4,13H,5H2,1H3,(H2,11,14)(H,12,15). The Morgan fingerprint density at radius 1 is 1.47 bits per heavy atom. The minimum Gasteiger partial charge on any atom is -0.508 e. The zero-order valence-corrected chi connectivity index (χ0v) is 8.28. The molecule has 1 aromatic carbocycles. The normalized spacial score (nSPS) is 9.67. The number of phenols is 1. The SMILES string of the molecule is Cc1ccc(C(=O)NCC(N)=O)cc1O. The van der Waals surface area contributed by atoms with Crippen molar-refractivity contribution in [2.45, 2.75) is 6.92 Å². The maximum atomic E-state index is 11.4. The van der Waals surface area contributed by atoms with E-state index in [1.807, 2.05) is 0 Å². The largest absolute Gasteiger partial charge is 0.508 e. The lowest BCUT2D eigenvalue weighted by Crippen LogP contribution is -2.33. The molecule has 2 amide bonds. The Morgan fingerprint density at radius 3 is 2.67 bits per heavy atom. The molecule has 0 saturated carbocycles. The fourth-order valence-electron chi connectivity index (χ4n) is 1.02. The Balaban J connectivity index is 2.74. The molecule has 0 fully saturated rings. The van der Waals surface area contributed by atoms with E-state index in [1.54, 1.807) is 19.1 Å². The Kier molecular flexibility index (Phi) is 3.28. The van der Waals surface area contributed by atoms with Crippen LogP contribution in [0.2, 0.25) is 0 Å². The van der Waals surface area contributed by atoms with Gasteiger partial charge < -0.3 is 16.2 Å². The molecule has 80 valence electrons. The Morgan fingerprint density at radius 2 is 2.13 bits per heavy atom. The van der Waals surface area contributed by atoms with Crippen molar-refractivity contribution in [3.05, 3.63) is 29.3 Å². The third-order valence-corrected chi connectivity index (χ3v) is 1.89. The molecule has 0 aliphatic heterocycles. The predicted octanol–water partition coefficient (Wildman–Crippen LogP) is -0.0843. The topological polar surface area (TPSA) is 92.4 Å². The predicted molar refractivity (Wildman–Crippen MR) is 54.4 cm³/mol. The van der Waals surface area contributed by atoms with E-state index in [0.29, 0.717) is 11.1 Å². The Hall–Kier alpha value is -2.04. The first-order valence-corrected chi connectivity index (χ1v) is 4.37. The van der Waals surface area contributed by atoms with Gasteiger partial charge in [0.1, 0.15) is 5.75 Å². The van der Waals surface area contributed by atoms with Crippen LogP contribution in [0, 0.1) is 6.92 Å². The first-order chi connectivity index (χ1) is 7.00. The summed E-state index contributed by atoms with van der Waals surface area (Å²) in [5.41, 5.74) is 5.84. The number of primary amides is 1. The van der Waals surface area contributed by atoms with Crippen LogP contribution in [-0.2, 0) is 4.79 Å². The number of nitrogens with one attached hydrogen (secondary N) is 1. The molecule has 0 saturated heterocycles. The van der Waals surface area contributed by atoms with Crippen molar-refractivity contribution in [3.63, 3.8) is 0 Å². The van der Waals surface area contributed by atoms with Crippen molar-refractivity contribution in [1.29, 1.82) is 0 Å². The molecule has 0 bridgehead atoms. The molecule has 1 rings (SSSR count). The molecule has 0 radical (unpaired) electrons. The summed E-state index contributed by atoms with van der Waals surface area (Å²) in [5, 5.41) is 11.7. The van der Waals surface area contributed by atoms with Gasteiger partial charge in [-0.2, -0.15) is 0 Å². The minimum absolute atomic E-state index is 0.0433. The van der Waals surface area contributed by atoms with Crippen LogP contribution in [0.3, 0.4) is 0 Å². The van der Waals surface area contributed by atoms with Gasteiger partial charge in [0.25, 0.3) is 5.91 Å². The second-order valence-electron chi connectivity index (χ2n) is 3.15. The molecule has 0 aliphatic rings. The molecule has 5 heteroatoms. The summed E-state index contributed by atoms with van der Waals surface area (Å²) >= 11 is 0. The second kappa shape index (κ2) is 4.45. The minimum atomic E-state index is -0.611. The van der Waals surface area contributed by atoms with Crippen LogP contribution in [0.1, 0.15) is 15.9 Å². The maximum absolute atomic E-state index is 11.4. The zero-order chi connectivity index (χ0) is 11.4. The first kappa shape index (κ1) is 11.0. The summed E-state index contributed by atoms with van der Waals surface area (Å²) in [5.74, 6) is -1.01. The number of benzene rings is 1. The molecular formula is C10H12N2O3. The van der Waals surface area contributed by atoms with E-state index in [-0.39, 0.29) is 12.3 Å². The van der Waals surface area contributed by atoms with E-state index in [0.717, 1.165) is 0 Å². The van der Waals surface area contributed by atoms with Crippen LogP contribution in [0.5, 0.6) is 5.75 Å². The van der Waals surface area contributed by atoms with Gasteiger partial charge in [-0.05, 0) is 24.6 Å². The highest BCUT2D eigenvalue weighted by Crippen LogP contribution is 2.17. The van der Waals surface area contributed by atoms with Gasteiger partial charge in [-0.1, -0.05) is 6.07 Å². The summed E-state index contributed by atoms with van der Waals surface area (Å²) < 4.78 is 0. The number of carbonyl (C=O) groups excluding carboxylic acids is 2. The second-order valence-corrected chi connectivity index (χ2v) is 3.15. The van der Waals surface area contributed by atoms with E-state index < -0.39 is 11.8 Å². The van der Waals surface area contributed by atoms with Gasteiger partial charge in [0.05, 0.1) is 6.54 Å². The molecule has 0 atom stereocenters. The highest BCUT2D eigenvalue weighted by molar-refractivity contribution is 5.96. The number of nitrogens with two attached hydrogens (primary N) is 1. The fraction of sp³-hybridized carbons (Fsp3) is 0.200. The number of aromatic hydroxyl groups is 1. The summed E-state index contributed by atoms with van der Waals surface area (Å²) in [6.07, 6.45) is 0. The number of hydrogen-bond acceptors (Lipinski definition) is 3. The highest BCUT2D eigenvalue weighted by atomic mass is 16.3. The lowest BCUT2D eigenvalue weighted by atomic mass is 10.1. The number of rotatable bonds is 3. The molecule has 15 heavy (non-hydrogen) atoms. The molecule has 5 nitrogen and oxygen atoms in total. The fourth-order valence-corrected chi connectivity index (χ4v) is 1.02. The number of amides is 2. The quantitative estimate of drug-likeness (QED) is 0.648. The number of hydrogen-bond donors (Lipinski definition) is 3. The summed E-state index contributed by atoms with van der Waals surface area (Å²) in [6.45, 7) is 1.51. The molecule has 0 aromatic heterocycles. The molecular weight excluding hydrogens is 196 g/mol. The van der Waals surface area contributed by atoms with Gasteiger partial charge in [-0.15, -0.1) is 0 Å². The van der Waals surface area contributed by atoms with E-state index in [4.69, 9.17) is 5.73 Å².